The van der Waals surface area contributed by atoms with E-state index in [1.54, 1.807) is 13.8 Å². The number of esters is 1. The summed E-state index contributed by atoms with van der Waals surface area (Å²) in [5.74, 6) is -1.09. The summed E-state index contributed by atoms with van der Waals surface area (Å²) in [4.78, 5) is 25.6. The summed E-state index contributed by atoms with van der Waals surface area (Å²) >= 11 is 0. The molecular weight excluding hydrogens is 448 g/mol. The SMILES string of the molecule is CC1=C(C)C(=O)OC(C(C)C2(O)CCC3C4CC(O)C5(O)C(O)C=CC(=O)C5(C)C4CCC32C)C1. The van der Waals surface area contributed by atoms with Crippen LogP contribution in [0.5, 0.6) is 0 Å². The monoisotopic (exact) mass is 488 g/mol. The lowest BCUT2D eigenvalue weighted by molar-refractivity contribution is -0.264. The number of ketones is 1. The maximum absolute atomic E-state index is 13.2. The molecule has 0 amide bonds. The van der Waals surface area contributed by atoms with Gasteiger partial charge in [-0.1, -0.05) is 19.4 Å². The predicted molar refractivity (Wildman–Crippen MR) is 128 cm³/mol. The molecule has 5 aliphatic rings. The van der Waals surface area contributed by atoms with Gasteiger partial charge in [0.25, 0.3) is 0 Å². The Hall–Kier alpha value is -1.54. The van der Waals surface area contributed by atoms with Gasteiger partial charge in [0, 0.05) is 17.9 Å². The van der Waals surface area contributed by atoms with E-state index in [1.807, 2.05) is 13.8 Å². The van der Waals surface area contributed by atoms with Gasteiger partial charge in [0.05, 0.1) is 17.1 Å². The zero-order valence-corrected chi connectivity index (χ0v) is 21.5. The van der Waals surface area contributed by atoms with Crippen LogP contribution in [0.15, 0.2) is 23.3 Å². The molecule has 1 aliphatic heterocycles. The molecule has 1 heterocycles. The van der Waals surface area contributed by atoms with Crippen molar-refractivity contribution in [1.29, 1.82) is 0 Å². The second-order valence-electron chi connectivity index (χ2n) is 12.6. The van der Waals surface area contributed by atoms with Crippen molar-refractivity contribution in [3.63, 3.8) is 0 Å². The van der Waals surface area contributed by atoms with E-state index in [0.717, 1.165) is 12.0 Å². The second kappa shape index (κ2) is 7.73. The summed E-state index contributed by atoms with van der Waals surface area (Å²) in [6.45, 7) is 9.51. The molecule has 194 valence electrons. The molecule has 4 N–H and O–H groups in total. The number of rotatable bonds is 2. The number of hydrogen-bond acceptors (Lipinski definition) is 7. The Labute approximate surface area is 207 Å². The Balaban J connectivity index is 1.48. The topological polar surface area (TPSA) is 124 Å². The van der Waals surface area contributed by atoms with Gasteiger partial charge in [0.2, 0.25) is 0 Å². The van der Waals surface area contributed by atoms with Crippen LogP contribution in [-0.4, -0.2) is 61.7 Å². The van der Waals surface area contributed by atoms with Gasteiger partial charge in [-0.05, 0) is 88.2 Å². The third-order valence-corrected chi connectivity index (χ3v) is 11.6. The van der Waals surface area contributed by atoms with Gasteiger partial charge >= 0.3 is 5.97 Å². The van der Waals surface area contributed by atoms with Crippen molar-refractivity contribution in [2.75, 3.05) is 0 Å². The van der Waals surface area contributed by atoms with Gasteiger partial charge < -0.3 is 25.2 Å². The molecule has 0 aromatic carbocycles. The van der Waals surface area contributed by atoms with E-state index in [9.17, 15) is 30.0 Å². The third-order valence-electron chi connectivity index (χ3n) is 11.6. The first-order chi connectivity index (χ1) is 16.2. The molecule has 0 saturated heterocycles. The molecule has 11 atom stereocenters. The van der Waals surface area contributed by atoms with Crippen molar-refractivity contribution in [2.45, 2.75) is 103 Å². The van der Waals surface area contributed by atoms with Crippen LogP contribution >= 0.6 is 0 Å². The zero-order valence-electron chi connectivity index (χ0n) is 21.5. The van der Waals surface area contributed by atoms with Gasteiger partial charge in [-0.25, -0.2) is 4.79 Å². The number of carbonyl (C=O) groups excluding carboxylic acids is 2. The van der Waals surface area contributed by atoms with Crippen LogP contribution in [0.25, 0.3) is 0 Å². The third kappa shape index (κ3) is 2.93. The summed E-state index contributed by atoms with van der Waals surface area (Å²) in [7, 11) is 0. The summed E-state index contributed by atoms with van der Waals surface area (Å²) in [5.41, 5.74) is -3.13. The summed E-state index contributed by atoms with van der Waals surface area (Å²) in [6, 6.07) is 0. The summed E-state index contributed by atoms with van der Waals surface area (Å²) in [6.07, 6.45) is 3.12. The van der Waals surface area contributed by atoms with Crippen molar-refractivity contribution < 1.29 is 34.8 Å². The molecule has 11 unspecified atom stereocenters. The molecule has 35 heavy (non-hydrogen) atoms. The molecule has 3 saturated carbocycles. The van der Waals surface area contributed by atoms with Gasteiger partial charge in [-0.3, -0.25) is 4.79 Å². The van der Waals surface area contributed by atoms with Crippen molar-refractivity contribution in [3.05, 3.63) is 23.3 Å². The number of allylic oxidation sites excluding steroid dienone is 1. The molecule has 0 aromatic rings. The maximum Gasteiger partial charge on any atom is 0.333 e. The van der Waals surface area contributed by atoms with Crippen LogP contribution in [-0.2, 0) is 14.3 Å². The molecule has 7 heteroatoms. The van der Waals surface area contributed by atoms with Crippen molar-refractivity contribution in [1.82, 2.24) is 0 Å². The Morgan fingerprint density at radius 1 is 1.06 bits per heavy atom. The first-order valence-electron chi connectivity index (χ1n) is 13.1. The number of aliphatic hydroxyl groups excluding tert-OH is 2. The smallest absolute Gasteiger partial charge is 0.333 e. The van der Waals surface area contributed by atoms with Gasteiger partial charge in [-0.15, -0.1) is 0 Å². The van der Waals surface area contributed by atoms with Gasteiger partial charge in [-0.2, -0.15) is 0 Å². The minimum atomic E-state index is -1.92. The Bertz CT molecular complexity index is 1020. The highest BCUT2D eigenvalue weighted by Crippen LogP contribution is 2.69. The fourth-order valence-corrected chi connectivity index (χ4v) is 9.08. The Morgan fingerprint density at radius 2 is 1.71 bits per heavy atom. The van der Waals surface area contributed by atoms with E-state index in [4.69, 9.17) is 4.74 Å². The van der Waals surface area contributed by atoms with Crippen molar-refractivity contribution >= 4 is 11.8 Å². The molecule has 0 radical (unpaired) electrons. The Kier molecular flexibility index (Phi) is 5.55. The van der Waals surface area contributed by atoms with E-state index in [1.165, 1.54) is 12.2 Å². The highest BCUT2D eigenvalue weighted by molar-refractivity contribution is 5.97. The quantitative estimate of drug-likeness (QED) is 0.440. The number of hydrogen-bond donors (Lipinski definition) is 4. The molecule has 0 bridgehead atoms. The molecule has 7 nitrogen and oxygen atoms in total. The molecule has 0 spiro atoms. The number of cyclic esters (lactones) is 1. The largest absolute Gasteiger partial charge is 0.458 e. The fraction of sp³-hybridized carbons (Fsp3) is 0.786. The fourth-order valence-electron chi connectivity index (χ4n) is 9.08. The maximum atomic E-state index is 13.2. The lowest BCUT2D eigenvalue weighted by Crippen LogP contribution is -2.74. The molecular formula is C28H40O7. The first kappa shape index (κ1) is 25.1. The lowest BCUT2D eigenvalue weighted by atomic mass is 9.42. The van der Waals surface area contributed by atoms with Crippen LogP contribution in [0.4, 0.5) is 0 Å². The van der Waals surface area contributed by atoms with E-state index < -0.39 is 40.3 Å². The number of carbonyl (C=O) groups is 2. The highest BCUT2D eigenvalue weighted by atomic mass is 16.5. The van der Waals surface area contributed by atoms with Crippen LogP contribution in [0.3, 0.4) is 0 Å². The average Bonchev–Trinajstić information content (AvgIpc) is 3.09. The first-order valence-corrected chi connectivity index (χ1v) is 13.1. The highest BCUT2D eigenvalue weighted by Gasteiger charge is 2.73. The normalized spacial score (nSPS) is 52.5. The van der Waals surface area contributed by atoms with Crippen LogP contribution in [0.2, 0.25) is 0 Å². The summed E-state index contributed by atoms with van der Waals surface area (Å²) in [5, 5.41) is 45.7. The lowest BCUT2D eigenvalue weighted by Gasteiger charge is -2.64. The second-order valence-corrected chi connectivity index (χ2v) is 12.6. The summed E-state index contributed by atoms with van der Waals surface area (Å²) < 4.78 is 5.77. The zero-order chi connectivity index (χ0) is 25.7. The van der Waals surface area contributed by atoms with Crippen LogP contribution in [0, 0.1) is 34.5 Å². The molecule has 5 rings (SSSR count). The van der Waals surface area contributed by atoms with Crippen molar-refractivity contribution in [3.8, 4) is 0 Å². The minimum absolute atomic E-state index is 0.0400. The van der Waals surface area contributed by atoms with E-state index in [0.29, 0.717) is 31.3 Å². The molecule has 3 fully saturated rings. The number of aliphatic hydroxyl groups is 4. The number of fused-ring (bicyclic) bond motifs is 5. The van der Waals surface area contributed by atoms with Gasteiger partial charge in [0.1, 0.15) is 17.8 Å². The number of ether oxygens (including phenoxy) is 1. The molecule has 4 aliphatic carbocycles. The van der Waals surface area contributed by atoms with E-state index >= 15 is 0 Å². The van der Waals surface area contributed by atoms with Crippen LogP contribution in [0.1, 0.15) is 73.1 Å². The average molecular weight is 489 g/mol. The van der Waals surface area contributed by atoms with Gasteiger partial charge in [0.15, 0.2) is 5.78 Å². The van der Waals surface area contributed by atoms with Crippen LogP contribution < -0.4 is 0 Å². The Morgan fingerprint density at radius 3 is 2.37 bits per heavy atom. The minimum Gasteiger partial charge on any atom is -0.458 e. The van der Waals surface area contributed by atoms with E-state index in [-0.39, 0.29) is 41.8 Å². The predicted octanol–water partition coefficient (Wildman–Crippen LogP) is 2.45. The van der Waals surface area contributed by atoms with E-state index in [2.05, 4.69) is 6.92 Å². The standard InChI is InChI=1S/C28H40O7/c1-14-12-20(35-24(32)15(14)2)16(3)27(33)11-9-18-17-13-23(31)28(34)22(30)7-6-21(29)26(28,5)19(17)8-10-25(18,27)4/h6-7,16-20,22-23,30-31,33-34H,8-13H2,1-5H3. The molecule has 0 aromatic heterocycles. The van der Waals surface area contributed by atoms with Crippen molar-refractivity contribution in [2.24, 2.45) is 34.5 Å².